The van der Waals surface area contributed by atoms with E-state index in [2.05, 4.69) is 19.6 Å². The summed E-state index contributed by atoms with van der Waals surface area (Å²) < 4.78 is 4.61. The Bertz CT molecular complexity index is 338. The van der Waals surface area contributed by atoms with Gasteiger partial charge in [-0.05, 0) is 12.1 Å². The largest absolute Gasteiger partial charge is 0.373 e. The topological polar surface area (TPSA) is 75.3 Å². The van der Waals surface area contributed by atoms with Gasteiger partial charge in [0, 0.05) is 11.6 Å². The van der Waals surface area contributed by atoms with Crippen LogP contribution in [0, 0.1) is 0 Å². The molecule has 6 nitrogen and oxygen atoms in total. The van der Waals surface area contributed by atoms with Gasteiger partial charge in [-0.25, -0.2) is 4.98 Å². The summed E-state index contributed by atoms with van der Waals surface area (Å²) in [6.07, 6.45) is 2.10. The molecular formula is C7H8N4O2S. The van der Waals surface area contributed by atoms with Gasteiger partial charge in [0.2, 0.25) is 6.39 Å². The zero-order valence-electron chi connectivity index (χ0n) is 7.36. The van der Waals surface area contributed by atoms with E-state index in [9.17, 15) is 5.11 Å². The molecule has 1 unspecified atom stereocenters. The van der Waals surface area contributed by atoms with Crippen molar-refractivity contribution in [2.75, 3.05) is 4.90 Å². The van der Waals surface area contributed by atoms with Crippen molar-refractivity contribution in [2.45, 2.75) is 13.2 Å². The highest BCUT2D eigenvalue weighted by molar-refractivity contribution is 7.13. The Morgan fingerprint density at radius 3 is 2.93 bits per heavy atom. The van der Waals surface area contributed by atoms with Crippen LogP contribution in [0.4, 0.5) is 11.1 Å². The second-order valence-corrected chi connectivity index (χ2v) is 3.42. The molecule has 74 valence electrons. The number of anilines is 2. The first-order chi connectivity index (χ1) is 6.79. The molecular weight excluding hydrogens is 204 g/mol. The maximum Gasteiger partial charge on any atom is 0.274 e. The van der Waals surface area contributed by atoms with Crippen molar-refractivity contribution in [3.05, 3.63) is 18.0 Å². The van der Waals surface area contributed by atoms with E-state index in [4.69, 9.17) is 0 Å². The van der Waals surface area contributed by atoms with Crippen molar-refractivity contribution in [1.82, 2.24) is 15.1 Å². The number of nitrogens with zero attached hydrogens (tertiary/aromatic N) is 4. The molecule has 0 aromatic carbocycles. The molecule has 14 heavy (non-hydrogen) atoms. The highest BCUT2D eigenvalue weighted by Gasteiger charge is 2.20. The fourth-order valence-corrected chi connectivity index (χ4v) is 1.73. The molecule has 0 spiro atoms. The molecule has 0 radical (unpaired) electrons. The van der Waals surface area contributed by atoms with E-state index >= 15 is 0 Å². The van der Waals surface area contributed by atoms with E-state index in [0.29, 0.717) is 11.1 Å². The van der Waals surface area contributed by atoms with Crippen molar-refractivity contribution in [2.24, 2.45) is 0 Å². The zero-order chi connectivity index (χ0) is 9.97. The number of aromatic nitrogens is 3. The summed E-state index contributed by atoms with van der Waals surface area (Å²) in [6.45, 7) is 1.61. The monoisotopic (exact) mass is 212 g/mol. The summed E-state index contributed by atoms with van der Waals surface area (Å²) in [5.41, 5.74) is 0. The Labute approximate surface area is 83.8 Å². The molecule has 2 heterocycles. The van der Waals surface area contributed by atoms with Gasteiger partial charge in [0.05, 0.1) is 0 Å². The number of hydrogen-bond donors (Lipinski definition) is 1. The van der Waals surface area contributed by atoms with Gasteiger partial charge in [-0.15, -0.1) is 11.3 Å². The second-order valence-electron chi connectivity index (χ2n) is 2.55. The van der Waals surface area contributed by atoms with Gasteiger partial charge in [0.1, 0.15) is 6.23 Å². The van der Waals surface area contributed by atoms with Crippen LogP contribution in [-0.4, -0.2) is 26.5 Å². The van der Waals surface area contributed by atoms with Gasteiger partial charge in [-0.1, -0.05) is 0 Å². The third-order valence-corrected chi connectivity index (χ3v) is 2.33. The van der Waals surface area contributed by atoms with Gasteiger partial charge in [-0.2, -0.15) is 4.98 Å². The number of rotatable bonds is 3. The number of aliphatic hydroxyl groups excluding tert-OH is 1. The summed E-state index contributed by atoms with van der Waals surface area (Å²) in [4.78, 5) is 9.39. The summed E-state index contributed by atoms with van der Waals surface area (Å²) in [6, 6.07) is 0. The number of hydrogen-bond acceptors (Lipinski definition) is 7. The minimum atomic E-state index is -0.751. The van der Waals surface area contributed by atoms with Crippen LogP contribution >= 0.6 is 11.3 Å². The third-order valence-electron chi connectivity index (χ3n) is 1.56. The second kappa shape index (κ2) is 3.72. The molecule has 0 amide bonds. The fourth-order valence-electron chi connectivity index (χ4n) is 1.02. The molecule has 0 saturated heterocycles. The Morgan fingerprint density at radius 1 is 1.57 bits per heavy atom. The molecule has 0 bridgehead atoms. The lowest BCUT2D eigenvalue weighted by Crippen LogP contribution is -2.28. The number of thiazole rings is 1. The smallest absolute Gasteiger partial charge is 0.274 e. The quantitative estimate of drug-likeness (QED) is 0.765. The molecule has 1 N–H and O–H groups in total. The molecule has 0 fully saturated rings. The predicted octanol–water partition coefficient (Wildman–Crippen LogP) is 1.00. The van der Waals surface area contributed by atoms with Gasteiger partial charge in [-0.3, -0.25) is 4.90 Å². The van der Waals surface area contributed by atoms with Crippen LogP contribution in [0.3, 0.4) is 0 Å². The van der Waals surface area contributed by atoms with Crippen molar-refractivity contribution in [3.8, 4) is 0 Å². The highest BCUT2D eigenvalue weighted by atomic mass is 32.1. The lowest BCUT2D eigenvalue weighted by Gasteiger charge is -2.19. The summed E-state index contributed by atoms with van der Waals surface area (Å²) >= 11 is 1.39. The number of aliphatic hydroxyl groups is 1. The summed E-state index contributed by atoms with van der Waals surface area (Å²) in [5.74, 6) is 0.301. The maximum absolute atomic E-state index is 9.53. The Balaban J connectivity index is 2.35. The van der Waals surface area contributed by atoms with Crippen molar-refractivity contribution >= 4 is 22.4 Å². The first kappa shape index (κ1) is 9.10. The summed E-state index contributed by atoms with van der Waals surface area (Å²) in [7, 11) is 0. The van der Waals surface area contributed by atoms with Gasteiger partial charge >= 0.3 is 0 Å². The molecule has 7 heteroatoms. The first-order valence-corrected chi connectivity index (χ1v) is 4.80. The van der Waals surface area contributed by atoms with Crippen LogP contribution in [0.5, 0.6) is 0 Å². The minimum absolute atomic E-state index is 0.301. The molecule has 2 rings (SSSR count). The van der Waals surface area contributed by atoms with Crippen LogP contribution in [0.15, 0.2) is 22.5 Å². The Morgan fingerprint density at radius 2 is 2.43 bits per heavy atom. The Hall–Kier alpha value is -1.47. The SMILES string of the molecule is CC(O)N(c1ncon1)c1nccs1. The van der Waals surface area contributed by atoms with E-state index in [0.717, 1.165) is 0 Å². The molecule has 2 aromatic heterocycles. The maximum atomic E-state index is 9.53. The Kier molecular flexibility index (Phi) is 2.42. The molecule has 0 aliphatic heterocycles. The lowest BCUT2D eigenvalue weighted by molar-refractivity contribution is 0.199. The third kappa shape index (κ3) is 1.59. The van der Waals surface area contributed by atoms with Crippen LogP contribution < -0.4 is 4.90 Å². The van der Waals surface area contributed by atoms with Crippen molar-refractivity contribution in [3.63, 3.8) is 0 Å². The highest BCUT2D eigenvalue weighted by Crippen LogP contribution is 2.25. The van der Waals surface area contributed by atoms with Crippen molar-refractivity contribution in [1.29, 1.82) is 0 Å². The summed E-state index contributed by atoms with van der Waals surface area (Å²) in [5, 5.41) is 15.6. The average Bonchev–Trinajstić information content (AvgIpc) is 2.75. The minimum Gasteiger partial charge on any atom is -0.373 e. The van der Waals surface area contributed by atoms with Crippen LogP contribution in [0.1, 0.15) is 6.92 Å². The fraction of sp³-hybridized carbons (Fsp3) is 0.286. The van der Waals surface area contributed by atoms with E-state index in [1.165, 1.54) is 22.6 Å². The molecule has 2 aromatic rings. The molecule has 1 atom stereocenters. The average molecular weight is 212 g/mol. The van der Waals surface area contributed by atoms with Gasteiger partial charge in [0.25, 0.3) is 5.95 Å². The molecule has 0 aliphatic rings. The van der Waals surface area contributed by atoms with Gasteiger partial charge < -0.3 is 9.63 Å². The lowest BCUT2D eigenvalue weighted by atomic mass is 10.5. The standard InChI is InChI=1S/C7H8N4O2S/c1-5(12)11(6-9-4-13-10-6)7-8-2-3-14-7/h2-5,12H,1H3. The van der Waals surface area contributed by atoms with Crippen LogP contribution in [-0.2, 0) is 0 Å². The van der Waals surface area contributed by atoms with Crippen molar-refractivity contribution < 1.29 is 9.63 Å². The van der Waals surface area contributed by atoms with E-state index in [1.54, 1.807) is 13.1 Å². The van der Waals surface area contributed by atoms with E-state index in [-0.39, 0.29) is 0 Å². The van der Waals surface area contributed by atoms with Crippen LogP contribution in [0.25, 0.3) is 0 Å². The normalized spacial score (nSPS) is 12.7. The van der Waals surface area contributed by atoms with Gasteiger partial charge in [0.15, 0.2) is 5.13 Å². The van der Waals surface area contributed by atoms with Crippen LogP contribution in [0.2, 0.25) is 0 Å². The molecule has 0 aliphatic carbocycles. The zero-order valence-corrected chi connectivity index (χ0v) is 8.18. The first-order valence-electron chi connectivity index (χ1n) is 3.92. The van der Waals surface area contributed by atoms with E-state index in [1.807, 2.05) is 5.38 Å². The predicted molar refractivity (Wildman–Crippen MR) is 50.2 cm³/mol. The van der Waals surface area contributed by atoms with E-state index < -0.39 is 6.23 Å². The molecule has 0 saturated carbocycles.